The van der Waals surface area contributed by atoms with E-state index in [0.717, 1.165) is 6.42 Å². The minimum absolute atomic E-state index is 0.206. The van der Waals surface area contributed by atoms with Crippen LogP contribution >= 0.6 is 0 Å². The molecule has 0 aromatic heterocycles. The maximum absolute atomic E-state index is 12.5. The van der Waals surface area contributed by atoms with Gasteiger partial charge >= 0.3 is 6.03 Å². The molecule has 0 spiro atoms. The largest absolute Gasteiger partial charge is 0.486 e. The summed E-state index contributed by atoms with van der Waals surface area (Å²) in [6, 6.07) is 6.42. The van der Waals surface area contributed by atoms with Gasteiger partial charge in [-0.25, -0.2) is 4.79 Å². The molecule has 3 aliphatic rings. The lowest BCUT2D eigenvalue weighted by Gasteiger charge is -2.30. The molecule has 128 valence electrons. The molecular weight excluding hydrogens is 312 g/mol. The maximum Gasteiger partial charge on any atom is 0.327 e. The summed E-state index contributed by atoms with van der Waals surface area (Å²) >= 11 is 0. The molecule has 1 aromatic carbocycles. The third kappa shape index (κ3) is 2.49. The van der Waals surface area contributed by atoms with Gasteiger partial charge in [0.1, 0.15) is 18.8 Å². The number of carbonyl (C=O) groups excluding carboxylic acids is 2. The van der Waals surface area contributed by atoms with Gasteiger partial charge in [0.15, 0.2) is 11.5 Å². The highest BCUT2D eigenvalue weighted by Gasteiger charge is 2.49. The predicted octanol–water partition coefficient (Wildman–Crippen LogP) is 1.00. The van der Waals surface area contributed by atoms with Crippen molar-refractivity contribution in [1.29, 1.82) is 0 Å². The van der Waals surface area contributed by atoms with Crippen LogP contribution in [-0.2, 0) is 4.79 Å². The van der Waals surface area contributed by atoms with E-state index in [-0.39, 0.29) is 24.6 Å². The van der Waals surface area contributed by atoms with Crippen molar-refractivity contribution in [2.24, 2.45) is 0 Å². The van der Waals surface area contributed by atoms with Crippen molar-refractivity contribution in [3.63, 3.8) is 0 Å². The second kappa shape index (κ2) is 5.98. The van der Waals surface area contributed by atoms with Crippen molar-refractivity contribution in [3.8, 4) is 11.5 Å². The molecule has 3 atom stereocenters. The molecule has 3 aliphatic heterocycles. The van der Waals surface area contributed by atoms with Crippen LogP contribution in [-0.4, -0.2) is 64.8 Å². The van der Waals surface area contributed by atoms with Crippen LogP contribution in [0.4, 0.5) is 4.79 Å². The SMILES string of the molecule is O=C1C2C(O)CCCN2C(=O)N1CCC1COc2ccccc2O1. The molecule has 7 heteroatoms. The highest BCUT2D eigenvalue weighted by Crippen LogP contribution is 2.32. The second-order valence-electron chi connectivity index (χ2n) is 6.41. The van der Waals surface area contributed by atoms with E-state index >= 15 is 0 Å². The van der Waals surface area contributed by atoms with E-state index in [1.54, 1.807) is 0 Å². The molecule has 3 amide bonds. The summed E-state index contributed by atoms with van der Waals surface area (Å²) in [5.41, 5.74) is 0. The zero-order valence-electron chi connectivity index (χ0n) is 13.3. The van der Waals surface area contributed by atoms with Crippen LogP contribution in [0.2, 0.25) is 0 Å². The van der Waals surface area contributed by atoms with Crippen molar-refractivity contribution >= 4 is 11.9 Å². The zero-order chi connectivity index (χ0) is 16.7. The molecule has 3 unspecified atom stereocenters. The van der Waals surface area contributed by atoms with Gasteiger partial charge in [-0.3, -0.25) is 9.69 Å². The number of rotatable bonds is 3. The average molecular weight is 332 g/mol. The summed E-state index contributed by atoms with van der Waals surface area (Å²) in [7, 11) is 0. The molecule has 2 saturated heterocycles. The van der Waals surface area contributed by atoms with Crippen molar-refractivity contribution in [2.45, 2.75) is 37.5 Å². The number of hydrogen-bond acceptors (Lipinski definition) is 5. The first-order valence-electron chi connectivity index (χ1n) is 8.33. The molecule has 0 radical (unpaired) electrons. The molecule has 4 rings (SSSR count). The van der Waals surface area contributed by atoms with Gasteiger partial charge in [0.25, 0.3) is 5.91 Å². The number of benzene rings is 1. The number of fused-ring (bicyclic) bond motifs is 2. The first-order valence-corrected chi connectivity index (χ1v) is 8.33. The van der Waals surface area contributed by atoms with E-state index in [2.05, 4.69) is 0 Å². The number of hydrogen-bond donors (Lipinski definition) is 1. The molecule has 0 saturated carbocycles. The quantitative estimate of drug-likeness (QED) is 0.836. The summed E-state index contributed by atoms with van der Waals surface area (Å²) in [4.78, 5) is 27.6. The van der Waals surface area contributed by atoms with Gasteiger partial charge in [-0.05, 0) is 25.0 Å². The van der Waals surface area contributed by atoms with Crippen LogP contribution in [0.1, 0.15) is 19.3 Å². The van der Waals surface area contributed by atoms with Crippen molar-refractivity contribution in [3.05, 3.63) is 24.3 Å². The van der Waals surface area contributed by atoms with Crippen molar-refractivity contribution in [1.82, 2.24) is 9.80 Å². The Morgan fingerprint density at radius 2 is 2.00 bits per heavy atom. The molecule has 2 fully saturated rings. The van der Waals surface area contributed by atoms with E-state index in [4.69, 9.17) is 9.47 Å². The van der Waals surface area contributed by atoms with Crippen LogP contribution in [0.3, 0.4) is 0 Å². The lowest BCUT2D eigenvalue weighted by Crippen LogP contribution is -2.48. The van der Waals surface area contributed by atoms with Crippen LogP contribution in [0.5, 0.6) is 11.5 Å². The van der Waals surface area contributed by atoms with E-state index in [1.165, 1.54) is 9.80 Å². The summed E-state index contributed by atoms with van der Waals surface area (Å²) in [5.74, 6) is 1.09. The monoisotopic (exact) mass is 332 g/mol. The number of aliphatic hydroxyl groups is 1. The van der Waals surface area contributed by atoms with Gasteiger partial charge in [-0.1, -0.05) is 12.1 Å². The third-order valence-electron chi connectivity index (χ3n) is 4.84. The minimum Gasteiger partial charge on any atom is -0.486 e. The summed E-state index contributed by atoms with van der Waals surface area (Å²) in [5, 5.41) is 10.0. The summed E-state index contributed by atoms with van der Waals surface area (Å²) in [6.07, 6.45) is 0.817. The Hall–Kier alpha value is -2.28. The standard InChI is InChI=1S/C17H20N2O5/c20-12-4-3-8-18-15(12)16(21)19(17(18)22)9-7-11-10-23-13-5-1-2-6-14(13)24-11/h1-2,5-6,11-12,15,20H,3-4,7-10H2. The highest BCUT2D eigenvalue weighted by molar-refractivity contribution is 6.04. The minimum atomic E-state index is -0.763. The molecule has 1 aromatic rings. The number of imide groups is 1. The smallest absolute Gasteiger partial charge is 0.327 e. The normalized spacial score (nSPS) is 29.0. The Morgan fingerprint density at radius 3 is 2.79 bits per heavy atom. The van der Waals surface area contributed by atoms with Crippen LogP contribution < -0.4 is 9.47 Å². The lowest BCUT2D eigenvalue weighted by atomic mass is 10.00. The van der Waals surface area contributed by atoms with Crippen LogP contribution in [0.15, 0.2) is 24.3 Å². The Labute approximate surface area is 139 Å². The highest BCUT2D eigenvalue weighted by atomic mass is 16.6. The third-order valence-corrected chi connectivity index (χ3v) is 4.84. The number of aliphatic hydroxyl groups excluding tert-OH is 1. The fraction of sp³-hybridized carbons (Fsp3) is 0.529. The summed E-state index contributed by atoms with van der Waals surface area (Å²) < 4.78 is 11.5. The fourth-order valence-electron chi connectivity index (χ4n) is 3.58. The number of nitrogens with zero attached hydrogens (tertiary/aromatic N) is 2. The topological polar surface area (TPSA) is 79.3 Å². The Balaban J connectivity index is 1.40. The lowest BCUT2D eigenvalue weighted by molar-refractivity contribution is -0.132. The number of amides is 3. The van der Waals surface area contributed by atoms with Crippen LogP contribution in [0, 0.1) is 0 Å². The Kier molecular flexibility index (Phi) is 3.80. The molecule has 0 aliphatic carbocycles. The number of piperidine rings is 1. The first kappa shape index (κ1) is 15.3. The van der Waals surface area contributed by atoms with Crippen molar-refractivity contribution in [2.75, 3.05) is 19.7 Å². The van der Waals surface area contributed by atoms with Gasteiger partial charge in [0.05, 0.1) is 6.10 Å². The number of para-hydroxylation sites is 2. The number of carbonyl (C=O) groups is 2. The van der Waals surface area contributed by atoms with E-state index in [1.807, 2.05) is 24.3 Å². The second-order valence-corrected chi connectivity index (χ2v) is 6.41. The number of urea groups is 1. The van der Waals surface area contributed by atoms with E-state index < -0.39 is 12.1 Å². The maximum atomic E-state index is 12.5. The van der Waals surface area contributed by atoms with Crippen LogP contribution in [0.25, 0.3) is 0 Å². The van der Waals surface area contributed by atoms with E-state index in [9.17, 15) is 14.7 Å². The fourth-order valence-corrected chi connectivity index (χ4v) is 3.58. The van der Waals surface area contributed by atoms with Gasteiger partial charge in [0, 0.05) is 19.5 Å². The van der Waals surface area contributed by atoms with Gasteiger partial charge < -0.3 is 19.5 Å². The number of ether oxygens (including phenoxy) is 2. The molecule has 24 heavy (non-hydrogen) atoms. The van der Waals surface area contributed by atoms with Gasteiger partial charge in [0.2, 0.25) is 0 Å². The van der Waals surface area contributed by atoms with E-state index in [0.29, 0.717) is 37.5 Å². The molecule has 1 N–H and O–H groups in total. The zero-order valence-corrected chi connectivity index (χ0v) is 13.3. The molecular formula is C17H20N2O5. The molecule has 7 nitrogen and oxygen atoms in total. The van der Waals surface area contributed by atoms with Crippen molar-refractivity contribution < 1.29 is 24.2 Å². The average Bonchev–Trinajstić information content (AvgIpc) is 2.85. The predicted molar refractivity (Wildman–Crippen MR) is 83.8 cm³/mol. The Bertz CT molecular complexity index is 664. The Morgan fingerprint density at radius 1 is 1.21 bits per heavy atom. The van der Waals surface area contributed by atoms with Gasteiger partial charge in [-0.2, -0.15) is 0 Å². The van der Waals surface area contributed by atoms with Gasteiger partial charge in [-0.15, -0.1) is 0 Å². The molecule has 0 bridgehead atoms. The summed E-state index contributed by atoms with van der Waals surface area (Å²) in [6.45, 7) is 1.19. The molecule has 3 heterocycles. The first-order chi connectivity index (χ1) is 11.6.